The van der Waals surface area contributed by atoms with E-state index in [1.165, 1.54) is 10.7 Å². The summed E-state index contributed by atoms with van der Waals surface area (Å²) in [6, 6.07) is 14.3. The van der Waals surface area contributed by atoms with Gasteiger partial charge in [0.25, 0.3) is 11.5 Å². The minimum Gasteiger partial charge on any atom is -0.493 e. The third-order valence-corrected chi connectivity index (χ3v) is 5.05. The van der Waals surface area contributed by atoms with Gasteiger partial charge in [-0.25, -0.2) is 4.68 Å². The number of carbonyl (C=O) groups excluding carboxylic acids is 1. The van der Waals surface area contributed by atoms with Crippen LogP contribution in [0.15, 0.2) is 53.3 Å². The lowest BCUT2D eigenvalue weighted by Gasteiger charge is -2.16. The van der Waals surface area contributed by atoms with E-state index in [0.717, 1.165) is 16.7 Å². The molecule has 0 saturated heterocycles. The lowest BCUT2D eigenvalue weighted by molar-refractivity contribution is -0.127. The number of benzene rings is 2. The van der Waals surface area contributed by atoms with Gasteiger partial charge in [0.15, 0.2) is 17.6 Å². The van der Waals surface area contributed by atoms with E-state index < -0.39 is 6.10 Å². The van der Waals surface area contributed by atoms with Crippen molar-refractivity contribution in [2.45, 2.75) is 33.4 Å². The number of ether oxygens (including phenoxy) is 3. The summed E-state index contributed by atoms with van der Waals surface area (Å²) in [5.74, 6) is 1.56. The van der Waals surface area contributed by atoms with E-state index in [9.17, 15) is 9.59 Å². The van der Waals surface area contributed by atoms with Crippen LogP contribution in [0, 0.1) is 13.8 Å². The molecule has 8 nitrogen and oxygen atoms in total. The molecule has 174 valence electrons. The molecule has 1 N–H and O–H groups in total. The maximum Gasteiger partial charge on any atom is 0.266 e. The molecule has 1 unspecified atom stereocenters. The van der Waals surface area contributed by atoms with Crippen LogP contribution in [0.3, 0.4) is 0 Å². The Morgan fingerprint density at radius 1 is 1.00 bits per heavy atom. The average molecular weight is 452 g/mol. The van der Waals surface area contributed by atoms with Crippen molar-refractivity contribution < 1.29 is 19.0 Å². The molecule has 8 heteroatoms. The molecule has 33 heavy (non-hydrogen) atoms. The van der Waals surface area contributed by atoms with Gasteiger partial charge in [-0.15, -0.1) is 0 Å². The molecule has 2 aromatic carbocycles. The quantitative estimate of drug-likeness (QED) is 0.538. The van der Waals surface area contributed by atoms with Gasteiger partial charge in [0.05, 0.1) is 26.5 Å². The Bertz CT molecular complexity index is 1170. The van der Waals surface area contributed by atoms with E-state index >= 15 is 0 Å². The topological polar surface area (TPSA) is 91.7 Å². The molecule has 0 spiro atoms. The van der Waals surface area contributed by atoms with Gasteiger partial charge in [0, 0.05) is 18.2 Å². The van der Waals surface area contributed by atoms with Crippen molar-refractivity contribution in [2.75, 3.05) is 20.8 Å². The molecular formula is C25H29N3O5. The summed E-state index contributed by atoms with van der Waals surface area (Å²) in [5, 5.41) is 7.23. The van der Waals surface area contributed by atoms with Crippen LogP contribution in [-0.2, 0) is 11.3 Å². The third kappa shape index (κ3) is 6.12. The fourth-order valence-electron chi connectivity index (χ4n) is 3.45. The summed E-state index contributed by atoms with van der Waals surface area (Å²) >= 11 is 0. The van der Waals surface area contributed by atoms with Crippen molar-refractivity contribution in [2.24, 2.45) is 0 Å². The molecule has 0 aliphatic rings. The number of amides is 1. The van der Waals surface area contributed by atoms with Crippen LogP contribution in [0.2, 0.25) is 0 Å². The molecule has 0 radical (unpaired) electrons. The van der Waals surface area contributed by atoms with Gasteiger partial charge in [0.1, 0.15) is 5.75 Å². The smallest absolute Gasteiger partial charge is 0.266 e. The van der Waals surface area contributed by atoms with Crippen molar-refractivity contribution in [3.63, 3.8) is 0 Å². The monoisotopic (exact) mass is 451 g/mol. The molecule has 1 atom stereocenters. The largest absolute Gasteiger partial charge is 0.493 e. The fourth-order valence-corrected chi connectivity index (χ4v) is 3.45. The van der Waals surface area contributed by atoms with E-state index in [0.29, 0.717) is 22.9 Å². The van der Waals surface area contributed by atoms with Crippen molar-refractivity contribution in [3.05, 3.63) is 70.0 Å². The summed E-state index contributed by atoms with van der Waals surface area (Å²) in [6.45, 7) is 6.11. The molecular weight excluding hydrogens is 422 g/mol. The SMILES string of the molecule is COc1ccc(-c2ccc(=O)n(CCNC(=O)C(C)Oc3cc(C)cc(C)c3)n2)cc1OC. The van der Waals surface area contributed by atoms with Crippen molar-refractivity contribution >= 4 is 5.91 Å². The second kappa shape index (κ2) is 10.7. The molecule has 3 rings (SSSR count). The van der Waals surface area contributed by atoms with Gasteiger partial charge in [-0.2, -0.15) is 5.10 Å². The predicted octanol–water partition coefficient (Wildman–Crippen LogP) is 3.13. The van der Waals surface area contributed by atoms with Gasteiger partial charge in [-0.1, -0.05) is 6.07 Å². The average Bonchev–Trinajstić information content (AvgIpc) is 2.79. The van der Waals surface area contributed by atoms with E-state index in [2.05, 4.69) is 10.4 Å². The van der Waals surface area contributed by atoms with Crippen LogP contribution in [0.25, 0.3) is 11.3 Å². The molecule has 0 aliphatic carbocycles. The van der Waals surface area contributed by atoms with E-state index in [-0.39, 0.29) is 24.6 Å². The molecule has 3 aromatic rings. The van der Waals surface area contributed by atoms with Crippen LogP contribution in [0.1, 0.15) is 18.1 Å². The third-order valence-electron chi connectivity index (χ3n) is 5.05. The minimum atomic E-state index is -0.672. The highest BCUT2D eigenvalue weighted by Crippen LogP contribution is 2.31. The first-order valence-electron chi connectivity index (χ1n) is 10.6. The maximum absolute atomic E-state index is 12.4. The number of hydrogen-bond donors (Lipinski definition) is 1. The molecule has 1 heterocycles. The van der Waals surface area contributed by atoms with Crippen molar-refractivity contribution in [1.82, 2.24) is 15.1 Å². The maximum atomic E-state index is 12.4. The highest BCUT2D eigenvalue weighted by atomic mass is 16.5. The summed E-state index contributed by atoms with van der Waals surface area (Å²) in [7, 11) is 3.13. The number of nitrogens with zero attached hydrogens (tertiary/aromatic N) is 2. The standard InChI is InChI=1S/C25H29N3O5/c1-16-12-17(2)14-20(13-16)33-18(3)25(30)26-10-11-28-24(29)9-7-21(27-28)19-6-8-22(31-4)23(15-19)32-5/h6-9,12-15,18H,10-11H2,1-5H3,(H,26,30). The Balaban J connectivity index is 1.63. The van der Waals surface area contributed by atoms with Crippen molar-refractivity contribution in [3.8, 4) is 28.5 Å². The first-order valence-corrected chi connectivity index (χ1v) is 10.6. The van der Waals surface area contributed by atoms with Gasteiger partial charge < -0.3 is 19.5 Å². The summed E-state index contributed by atoms with van der Waals surface area (Å²) in [5.41, 5.74) is 3.26. The van der Waals surface area contributed by atoms with Crippen LogP contribution in [-0.4, -0.2) is 42.6 Å². The number of aromatic nitrogens is 2. The Hall–Kier alpha value is -3.81. The Kier molecular flexibility index (Phi) is 7.71. The number of rotatable bonds is 9. The molecule has 0 bridgehead atoms. The van der Waals surface area contributed by atoms with Crippen molar-refractivity contribution in [1.29, 1.82) is 0 Å². The molecule has 0 saturated carbocycles. The Labute approximate surface area is 193 Å². The number of methoxy groups -OCH3 is 2. The van der Waals surface area contributed by atoms with Crippen LogP contribution in [0.5, 0.6) is 17.2 Å². The van der Waals surface area contributed by atoms with Gasteiger partial charge >= 0.3 is 0 Å². The highest BCUT2D eigenvalue weighted by molar-refractivity contribution is 5.80. The second-order valence-corrected chi connectivity index (χ2v) is 7.72. The lowest BCUT2D eigenvalue weighted by Crippen LogP contribution is -2.39. The normalized spacial score (nSPS) is 11.5. The molecule has 0 aliphatic heterocycles. The highest BCUT2D eigenvalue weighted by Gasteiger charge is 2.15. The summed E-state index contributed by atoms with van der Waals surface area (Å²) < 4.78 is 17.7. The number of aryl methyl sites for hydroxylation is 2. The first-order chi connectivity index (χ1) is 15.8. The number of hydrogen-bond acceptors (Lipinski definition) is 6. The fraction of sp³-hybridized carbons (Fsp3) is 0.320. The van der Waals surface area contributed by atoms with Crippen LogP contribution >= 0.6 is 0 Å². The molecule has 1 amide bonds. The summed E-state index contributed by atoms with van der Waals surface area (Å²) in [4.78, 5) is 24.7. The van der Waals surface area contributed by atoms with Crippen LogP contribution < -0.4 is 25.1 Å². The van der Waals surface area contributed by atoms with Gasteiger partial charge in [0.2, 0.25) is 0 Å². The molecule has 1 aromatic heterocycles. The van der Waals surface area contributed by atoms with Gasteiger partial charge in [-0.05, 0) is 68.3 Å². The van der Waals surface area contributed by atoms with Gasteiger partial charge in [-0.3, -0.25) is 9.59 Å². The number of nitrogens with one attached hydrogen (secondary N) is 1. The van der Waals surface area contributed by atoms with E-state index in [1.807, 2.05) is 38.1 Å². The first kappa shape index (κ1) is 23.8. The zero-order valence-electron chi connectivity index (χ0n) is 19.5. The molecule has 0 fully saturated rings. The second-order valence-electron chi connectivity index (χ2n) is 7.72. The Morgan fingerprint density at radius 3 is 2.36 bits per heavy atom. The zero-order valence-corrected chi connectivity index (χ0v) is 19.5. The lowest BCUT2D eigenvalue weighted by atomic mass is 10.1. The zero-order chi connectivity index (χ0) is 24.0. The van der Waals surface area contributed by atoms with E-state index in [1.54, 1.807) is 39.3 Å². The summed E-state index contributed by atoms with van der Waals surface area (Å²) in [6.07, 6.45) is -0.672. The van der Waals surface area contributed by atoms with E-state index in [4.69, 9.17) is 14.2 Å². The number of carbonyl (C=O) groups is 1. The van der Waals surface area contributed by atoms with Crippen LogP contribution in [0.4, 0.5) is 0 Å². The minimum absolute atomic E-state index is 0.224. The predicted molar refractivity (Wildman–Crippen MR) is 126 cm³/mol. The Morgan fingerprint density at radius 2 is 1.70 bits per heavy atom.